The largest absolute Gasteiger partial charge is 0.489 e. The van der Waals surface area contributed by atoms with Crippen LogP contribution in [0.4, 0.5) is 11.4 Å². The Balaban J connectivity index is 2.13. The minimum absolute atomic E-state index is 0.0285. The summed E-state index contributed by atoms with van der Waals surface area (Å²) in [6.07, 6.45) is 1.86. The van der Waals surface area contributed by atoms with Crippen molar-refractivity contribution in [2.75, 3.05) is 17.6 Å². The van der Waals surface area contributed by atoms with E-state index in [4.69, 9.17) is 10.5 Å². The average molecular weight is 263 g/mol. The van der Waals surface area contributed by atoms with Crippen LogP contribution in [0.2, 0.25) is 0 Å². The number of benzene rings is 1. The molecule has 0 spiro atoms. The van der Waals surface area contributed by atoms with E-state index in [0.29, 0.717) is 11.4 Å². The predicted molar refractivity (Wildman–Crippen MR) is 76.3 cm³/mol. The van der Waals surface area contributed by atoms with Gasteiger partial charge in [0.1, 0.15) is 11.8 Å². The van der Waals surface area contributed by atoms with Gasteiger partial charge in [-0.25, -0.2) is 0 Å². The minimum atomic E-state index is -0.217. The highest BCUT2D eigenvalue weighted by molar-refractivity contribution is 5.87. The van der Waals surface area contributed by atoms with Crippen LogP contribution in [-0.2, 0) is 4.79 Å². The third kappa shape index (κ3) is 3.30. The summed E-state index contributed by atoms with van der Waals surface area (Å²) in [5.74, 6) is 0.678. The van der Waals surface area contributed by atoms with Gasteiger partial charge >= 0.3 is 0 Å². The summed E-state index contributed by atoms with van der Waals surface area (Å²) in [5.41, 5.74) is 7.38. The molecule has 19 heavy (non-hydrogen) atoms. The van der Waals surface area contributed by atoms with E-state index in [1.165, 1.54) is 0 Å². The third-order valence-electron chi connectivity index (χ3n) is 3.04. The molecule has 0 radical (unpaired) electrons. The van der Waals surface area contributed by atoms with Gasteiger partial charge in [-0.3, -0.25) is 4.79 Å². The summed E-state index contributed by atoms with van der Waals surface area (Å²) in [7, 11) is 0. The van der Waals surface area contributed by atoms with Crippen LogP contribution in [0.1, 0.15) is 26.7 Å². The van der Waals surface area contributed by atoms with Crippen LogP contribution >= 0.6 is 0 Å². The molecule has 1 fully saturated rings. The molecular formula is C14H21N3O2. The van der Waals surface area contributed by atoms with Gasteiger partial charge < -0.3 is 21.1 Å². The molecule has 2 rings (SSSR count). The van der Waals surface area contributed by atoms with Gasteiger partial charge in [0, 0.05) is 6.54 Å². The van der Waals surface area contributed by atoms with E-state index in [1.807, 2.05) is 32.0 Å². The van der Waals surface area contributed by atoms with Crippen molar-refractivity contribution >= 4 is 17.3 Å². The number of nitrogens with one attached hydrogen (secondary N) is 2. The van der Waals surface area contributed by atoms with Gasteiger partial charge in [0.05, 0.1) is 17.5 Å². The Morgan fingerprint density at radius 2 is 2.26 bits per heavy atom. The number of amides is 1. The molecule has 5 heteroatoms. The van der Waals surface area contributed by atoms with E-state index in [1.54, 1.807) is 0 Å². The summed E-state index contributed by atoms with van der Waals surface area (Å²) >= 11 is 0. The molecule has 0 bridgehead atoms. The number of para-hydroxylation sites is 1. The second-order valence-electron chi connectivity index (χ2n) is 5.01. The van der Waals surface area contributed by atoms with Crippen molar-refractivity contribution in [1.29, 1.82) is 0 Å². The van der Waals surface area contributed by atoms with Gasteiger partial charge in [-0.05, 0) is 38.8 Å². The molecule has 1 aromatic carbocycles. The number of hydrogen-bond acceptors (Lipinski definition) is 4. The number of ether oxygens (including phenoxy) is 1. The van der Waals surface area contributed by atoms with E-state index in [-0.39, 0.29) is 18.1 Å². The topological polar surface area (TPSA) is 76.4 Å². The number of nitrogens with two attached hydrogens (primary N) is 1. The van der Waals surface area contributed by atoms with Crippen molar-refractivity contribution in [3.63, 3.8) is 0 Å². The first-order valence-corrected chi connectivity index (χ1v) is 6.67. The molecule has 1 atom stereocenters. The molecule has 4 N–H and O–H groups in total. The number of anilines is 2. The molecule has 5 nitrogen and oxygen atoms in total. The Morgan fingerprint density at radius 1 is 1.47 bits per heavy atom. The molecule has 0 aromatic heterocycles. The zero-order valence-corrected chi connectivity index (χ0v) is 11.4. The van der Waals surface area contributed by atoms with Gasteiger partial charge in [-0.15, -0.1) is 0 Å². The number of rotatable bonds is 4. The Bertz CT molecular complexity index is 460. The van der Waals surface area contributed by atoms with Crippen LogP contribution in [0.15, 0.2) is 18.2 Å². The predicted octanol–water partition coefficient (Wildman–Crippen LogP) is 1.75. The highest BCUT2D eigenvalue weighted by Gasteiger charge is 2.22. The summed E-state index contributed by atoms with van der Waals surface area (Å²) in [4.78, 5) is 11.7. The molecule has 0 aliphatic carbocycles. The van der Waals surface area contributed by atoms with Crippen LogP contribution in [-0.4, -0.2) is 24.6 Å². The molecule has 1 amide bonds. The van der Waals surface area contributed by atoms with Gasteiger partial charge in [0.2, 0.25) is 5.91 Å². The molecular weight excluding hydrogens is 242 g/mol. The van der Waals surface area contributed by atoms with Gasteiger partial charge in [-0.1, -0.05) is 6.07 Å². The van der Waals surface area contributed by atoms with E-state index in [0.717, 1.165) is 25.1 Å². The van der Waals surface area contributed by atoms with E-state index in [9.17, 15) is 4.79 Å². The summed E-state index contributed by atoms with van der Waals surface area (Å²) in [6.45, 7) is 4.66. The Labute approximate surface area is 113 Å². The third-order valence-corrected chi connectivity index (χ3v) is 3.04. The molecule has 1 saturated heterocycles. The zero-order valence-electron chi connectivity index (χ0n) is 11.4. The summed E-state index contributed by atoms with van der Waals surface area (Å²) in [5, 5.41) is 6.04. The fourth-order valence-electron chi connectivity index (χ4n) is 2.12. The molecule has 104 valence electrons. The van der Waals surface area contributed by atoms with Crippen molar-refractivity contribution in [1.82, 2.24) is 5.32 Å². The minimum Gasteiger partial charge on any atom is -0.489 e. The van der Waals surface area contributed by atoms with Crippen molar-refractivity contribution in [3.8, 4) is 5.75 Å². The monoisotopic (exact) mass is 263 g/mol. The first-order valence-electron chi connectivity index (χ1n) is 6.67. The second-order valence-corrected chi connectivity index (χ2v) is 5.01. The first kappa shape index (κ1) is 13.5. The highest BCUT2D eigenvalue weighted by atomic mass is 16.5. The van der Waals surface area contributed by atoms with Crippen LogP contribution in [0.25, 0.3) is 0 Å². The number of piperidine rings is 1. The highest BCUT2D eigenvalue weighted by Crippen LogP contribution is 2.31. The van der Waals surface area contributed by atoms with E-state index >= 15 is 0 Å². The average Bonchev–Trinajstić information content (AvgIpc) is 2.36. The molecule has 1 heterocycles. The standard InChI is InChI=1S/C14H21N3O2/c1-9(2)19-12-7-3-5-10(13(12)15)17-11-6-4-8-16-14(11)18/h3,5,7,9,11,17H,4,6,8,15H2,1-2H3,(H,16,18). The Kier molecular flexibility index (Phi) is 4.14. The SMILES string of the molecule is CC(C)Oc1cccc(NC2CCCNC2=O)c1N. The van der Waals surface area contributed by atoms with E-state index in [2.05, 4.69) is 10.6 Å². The number of hydrogen-bond donors (Lipinski definition) is 3. The van der Waals surface area contributed by atoms with E-state index < -0.39 is 0 Å². The lowest BCUT2D eigenvalue weighted by atomic mass is 10.1. The molecule has 1 aliphatic heterocycles. The fourth-order valence-corrected chi connectivity index (χ4v) is 2.12. The van der Waals surface area contributed by atoms with Crippen LogP contribution < -0.4 is 21.1 Å². The Hall–Kier alpha value is -1.91. The van der Waals surface area contributed by atoms with Crippen molar-refractivity contribution in [3.05, 3.63) is 18.2 Å². The maximum absolute atomic E-state index is 11.7. The number of carbonyl (C=O) groups is 1. The molecule has 1 unspecified atom stereocenters. The zero-order chi connectivity index (χ0) is 13.8. The lowest BCUT2D eigenvalue weighted by Crippen LogP contribution is -2.44. The van der Waals surface area contributed by atoms with Crippen LogP contribution in [0.3, 0.4) is 0 Å². The lowest BCUT2D eigenvalue weighted by Gasteiger charge is -2.25. The normalized spacial score (nSPS) is 19.1. The summed E-state index contributed by atoms with van der Waals surface area (Å²) < 4.78 is 5.64. The summed E-state index contributed by atoms with van der Waals surface area (Å²) in [6, 6.07) is 5.36. The second kappa shape index (κ2) is 5.82. The van der Waals surface area contributed by atoms with Crippen molar-refractivity contribution in [2.45, 2.75) is 38.8 Å². The van der Waals surface area contributed by atoms with Crippen LogP contribution in [0, 0.1) is 0 Å². The quantitative estimate of drug-likeness (QED) is 0.723. The van der Waals surface area contributed by atoms with Crippen molar-refractivity contribution < 1.29 is 9.53 Å². The molecule has 0 saturated carbocycles. The maximum Gasteiger partial charge on any atom is 0.242 e. The van der Waals surface area contributed by atoms with Gasteiger partial charge in [-0.2, -0.15) is 0 Å². The maximum atomic E-state index is 11.7. The Morgan fingerprint density at radius 3 is 2.95 bits per heavy atom. The molecule has 1 aromatic rings. The van der Waals surface area contributed by atoms with Crippen molar-refractivity contribution in [2.24, 2.45) is 0 Å². The van der Waals surface area contributed by atoms with Gasteiger partial charge in [0.15, 0.2) is 0 Å². The fraction of sp³-hybridized carbons (Fsp3) is 0.500. The number of carbonyl (C=O) groups excluding carboxylic acids is 1. The number of nitrogen functional groups attached to an aromatic ring is 1. The lowest BCUT2D eigenvalue weighted by molar-refractivity contribution is -0.123. The first-order chi connectivity index (χ1) is 9.08. The molecule has 1 aliphatic rings. The smallest absolute Gasteiger partial charge is 0.242 e. The van der Waals surface area contributed by atoms with Gasteiger partial charge in [0.25, 0.3) is 0 Å². The van der Waals surface area contributed by atoms with Crippen LogP contribution in [0.5, 0.6) is 5.75 Å².